The molecule has 1 aliphatic heterocycles. The molecule has 1 aliphatic rings. The van der Waals surface area contributed by atoms with Crippen molar-refractivity contribution in [2.75, 3.05) is 38.1 Å². The summed E-state index contributed by atoms with van der Waals surface area (Å²) in [5, 5.41) is 13.1. The van der Waals surface area contributed by atoms with Gasteiger partial charge >= 0.3 is 6.03 Å². The van der Waals surface area contributed by atoms with E-state index in [4.69, 9.17) is 9.47 Å². The lowest BCUT2D eigenvalue weighted by Crippen LogP contribution is -2.49. The minimum absolute atomic E-state index is 0.0173. The maximum atomic E-state index is 14.3. The van der Waals surface area contributed by atoms with E-state index in [1.54, 1.807) is 48.0 Å². The molecule has 4 atom stereocenters. The molecular weight excluding hydrogens is 596 g/mol. The lowest BCUT2D eigenvalue weighted by molar-refractivity contribution is -0.0122. The molecule has 0 spiro atoms. The molecular formula is C33H50N4O7S. The van der Waals surface area contributed by atoms with Gasteiger partial charge in [-0.25, -0.2) is 13.2 Å². The molecule has 2 aromatic carbocycles. The first-order valence-electron chi connectivity index (χ1n) is 15.7. The van der Waals surface area contributed by atoms with Crippen LogP contribution < -0.4 is 14.8 Å². The normalized spacial score (nSPS) is 20.9. The minimum Gasteiger partial charge on any atom is -0.490 e. The van der Waals surface area contributed by atoms with Crippen molar-refractivity contribution in [3.63, 3.8) is 0 Å². The van der Waals surface area contributed by atoms with E-state index in [1.807, 2.05) is 34.6 Å². The van der Waals surface area contributed by atoms with Crippen LogP contribution in [0.3, 0.4) is 0 Å². The fraction of sp³-hybridized carbons (Fsp3) is 0.576. The number of ether oxygens (including phenoxy) is 2. The Kier molecular flexibility index (Phi) is 13.1. The number of aryl methyl sites for hydroxylation is 1. The van der Waals surface area contributed by atoms with Crippen molar-refractivity contribution < 1.29 is 32.6 Å². The van der Waals surface area contributed by atoms with Gasteiger partial charge in [0, 0.05) is 44.4 Å². The number of aliphatic hydroxyl groups excluding tert-OH is 1. The quantitative estimate of drug-likeness (QED) is 0.380. The summed E-state index contributed by atoms with van der Waals surface area (Å²) in [5.74, 6) is -0.293. The number of carbonyl (C=O) groups is 2. The van der Waals surface area contributed by atoms with Crippen LogP contribution in [0, 0.1) is 12.8 Å². The molecule has 0 aromatic heterocycles. The Balaban J connectivity index is 1.98. The zero-order chi connectivity index (χ0) is 33.3. The van der Waals surface area contributed by atoms with Crippen molar-refractivity contribution in [1.82, 2.24) is 15.1 Å². The number of aliphatic hydroxyl groups is 1. The molecule has 250 valence electrons. The fourth-order valence-corrected chi connectivity index (χ4v) is 6.14. The first kappa shape index (κ1) is 36.1. The molecule has 0 unspecified atom stereocenters. The number of rotatable bonds is 8. The van der Waals surface area contributed by atoms with Crippen molar-refractivity contribution >= 4 is 27.6 Å². The predicted octanol–water partition coefficient (Wildman–Crippen LogP) is 4.64. The summed E-state index contributed by atoms with van der Waals surface area (Å²) < 4.78 is 41.5. The molecule has 1 heterocycles. The molecule has 2 aromatic rings. The highest BCUT2D eigenvalue weighted by molar-refractivity contribution is 7.92. The van der Waals surface area contributed by atoms with Crippen molar-refractivity contribution in [2.45, 2.75) is 90.0 Å². The van der Waals surface area contributed by atoms with Crippen molar-refractivity contribution in [2.24, 2.45) is 5.92 Å². The van der Waals surface area contributed by atoms with E-state index in [0.717, 1.165) is 18.4 Å². The number of urea groups is 1. The molecule has 45 heavy (non-hydrogen) atoms. The average molecular weight is 647 g/mol. The van der Waals surface area contributed by atoms with Gasteiger partial charge in [0.05, 0.1) is 35.3 Å². The first-order valence-corrected chi connectivity index (χ1v) is 17.1. The fourth-order valence-electron chi connectivity index (χ4n) is 5.09. The number of carbonyl (C=O) groups excluding carboxylic acids is 2. The SMILES string of the molecule is Cc1ccc(S(=O)(=O)Nc2ccc3c(c2)C(=O)N([C@H](C)CO)C[C@@H](C)[C@@H](CN(C)C(=O)NC(C)C)OCCCC[C@@H](C)O3)cc1. The second-order valence-electron chi connectivity index (χ2n) is 12.4. The monoisotopic (exact) mass is 646 g/mol. The average Bonchev–Trinajstić information content (AvgIpc) is 2.98. The van der Waals surface area contributed by atoms with Gasteiger partial charge in [-0.2, -0.15) is 0 Å². The number of sulfonamides is 1. The number of hydrogen-bond donors (Lipinski definition) is 3. The van der Waals surface area contributed by atoms with Gasteiger partial charge in [0.1, 0.15) is 5.75 Å². The summed E-state index contributed by atoms with van der Waals surface area (Å²) in [6, 6.07) is 10.4. The molecule has 3 rings (SSSR count). The topological polar surface area (TPSA) is 138 Å². The van der Waals surface area contributed by atoms with Crippen LogP contribution in [-0.4, -0.2) is 92.9 Å². The number of hydrogen-bond acceptors (Lipinski definition) is 7. The molecule has 3 N–H and O–H groups in total. The largest absolute Gasteiger partial charge is 0.490 e. The first-order chi connectivity index (χ1) is 21.2. The van der Waals surface area contributed by atoms with Gasteiger partial charge in [0.15, 0.2) is 0 Å². The van der Waals surface area contributed by atoms with Crippen LogP contribution in [0.2, 0.25) is 0 Å². The summed E-state index contributed by atoms with van der Waals surface area (Å²) in [6.45, 7) is 12.0. The van der Waals surface area contributed by atoms with E-state index in [-0.39, 0.29) is 59.5 Å². The lowest BCUT2D eigenvalue weighted by atomic mass is 10.0. The molecule has 3 amide bonds. The summed E-state index contributed by atoms with van der Waals surface area (Å²) in [7, 11) is -2.21. The Hall–Kier alpha value is -3.35. The van der Waals surface area contributed by atoms with Crippen LogP contribution in [0.25, 0.3) is 0 Å². The summed E-state index contributed by atoms with van der Waals surface area (Å²) in [6.07, 6.45) is 1.74. The smallest absolute Gasteiger partial charge is 0.317 e. The van der Waals surface area contributed by atoms with Crippen LogP contribution in [0.5, 0.6) is 5.75 Å². The van der Waals surface area contributed by atoms with E-state index in [0.29, 0.717) is 25.3 Å². The number of benzene rings is 2. The second-order valence-corrected chi connectivity index (χ2v) is 14.1. The number of fused-ring (bicyclic) bond motifs is 1. The molecule has 0 aliphatic carbocycles. The molecule has 0 radical (unpaired) electrons. The minimum atomic E-state index is -3.92. The molecule has 0 saturated heterocycles. The van der Waals surface area contributed by atoms with E-state index >= 15 is 0 Å². The van der Waals surface area contributed by atoms with E-state index in [9.17, 15) is 23.1 Å². The molecule has 12 heteroatoms. The molecule has 0 saturated carbocycles. The van der Waals surface area contributed by atoms with E-state index < -0.39 is 22.0 Å². The highest BCUT2D eigenvalue weighted by atomic mass is 32.2. The maximum Gasteiger partial charge on any atom is 0.317 e. The number of anilines is 1. The van der Waals surface area contributed by atoms with E-state index in [2.05, 4.69) is 10.0 Å². The van der Waals surface area contributed by atoms with Gasteiger partial charge < -0.3 is 29.7 Å². The summed E-state index contributed by atoms with van der Waals surface area (Å²) in [4.78, 5) is 30.2. The van der Waals surface area contributed by atoms with Crippen LogP contribution in [0.15, 0.2) is 47.4 Å². The Morgan fingerprint density at radius 1 is 1.11 bits per heavy atom. The summed E-state index contributed by atoms with van der Waals surface area (Å²) in [5.41, 5.74) is 1.33. The van der Waals surface area contributed by atoms with Gasteiger partial charge in [-0.15, -0.1) is 0 Å². The summed E-state index contributed by atoms with van der Waals surface area (Å²) >= 11 is 0. The Labute approximate surface area is 268 Å². The lowest BCUT2D eigenvalue weighted by Gasteiger charge is -2.36. The molecule has 11 nitrogen and oxygen atoms in total. The number of likely N-dealkylation sites (N-methyl/N-ethyl adjacent to an activating group) is 1. The Morgan fingerprint density at radius 3 is 2.44 bits per heavy atom. The Bertz CT molecular complexity index is 1380. The molecule has 0 bridgehead atoms. The highest BCUT2D eigenvalue weighted by Gasteiger charge is 2.31. The van der Waals surface area contributed by atoms with Crippen LogP contribution in [0.1, 0.15) is 69.8 Å². The number of nitrogens with one attached hydrogen (secondary N) is 2. The van der Waals surface area contributed by atoms with Crippen molar-refractivity contribution in [1.29, 1.82) is 0 Å². The second kappa shape index (κ2) is 16.3. The van der Waals surface area contributed by atoms with Gasteiger partial charge in [0.25, 0.3) is 15.9 Å². The van der Waals surface area contributed by atoms with E-state index in [1.165, 1.54) is 18.2 Å². The predicted molar refractivity (Wildman–Crippen MR) is 175 cm³/mol. The third kappa shape index (κ3) is 10.3. The van der Waals surface area contributed by atoms with Crippen molar-refractivity contribution in [3.05, 3.63) is 53.6 Å². The van der Waals surface area contributed by atoms with Gasteiger partial charge in [-0.1, -0.05) is 24.6 Å². The van der Waals surface area contributed by atoms with Crippen LogP contribution in [-0.2, 0) is 14.8 Å². The zero-order valence-electron chi connectivity index (χ0n) is 27.6. The zero-order valence-corrected chi connectivity index (χ0v) is 28.4. The van der Waals surface area contributed by atoms with Gasteiger partial charge in [-0.05, 0) is 84.2 Å². The maximum absolute atomic E-state index is 14.3. The third-order valence-corrected chi connectivity index (χ3v) is 9.24. The third-order valence-electron chi connectivity index (χ3n) is 7.85. The standard InChI is InChI=1S/C33H50N4O7S/c1-22(2)34-33(40)36(7)20-31-24(4)19-37(25(5)21-38)32(39)29-18-27(35-45(41,42)28-14-11-23(3)12-15-28)13-16-30(29)44-26(6)10-8-9-17-43-31/h11-16,18,22,24-26,31,35,38H,8-10,17,19-21H2,1-7H3,(H,34,40)/t24-,25-,26-,31-/m1/s1. The number of amides is 3. The molecule has 0 fully saturated rings. The Morgan fingerprint density at radius 2 is 1.80 bits per heavy atom. The van der Waals surface area contributed by atoms with Crippen LogP contribution in [0.4, 0.5) is 10.5 Å². The van der Waals surface area contributed by atoms with Crippen LogP contribution >= 0.6 is 0 Å². The van der Waals surface area contributed by atoms with Crippen molar-refractivity contribution in [3.8, 4) is 5.75 Å². The van der Waals surface area contributed by atoms with Gasteiger partial charge in [0.2, 0.25) is 0 Å². The number of nitrogens with zero attached hydrogens (tertiary/aromatic N) is 2. The van der Waals surface area contributed by atoms with Gasteiger partial charge in [-0.3, -0.25) is 9.52 Å². The highest BCUT2D eigenvalue weighted by Crippen LogP contribution is 2.29.